The summed E-state index contributed by atoms with van der Waals surface area (Å²) in [6.07, 6.45) is 4.64. The van der Waals surface area contributed by atoms with Gasteiger partial charge in [-0.1, -0.05) is 6.07 Å². The molecule has 0 unspecified atom stereocenters. The van der Waals surface area contributed by atoms with Gasteiger partial charge in [-0.2, -0.15) is 0 Å². The highest BCUT2D eigenvalue weighted by Crippen LogP contribution is 2.27. The van der Waals surface area contributed by atoms with Crippen LogP contribution in [0.15, 0.2) is 36.8 Å². The molecule has 0 radical (unpaired) electrons. The Labute approximate surface area is 134 Å². The zero-order valence-corrected chi connectivity index (χ0v) is 13.3. The highest BCUT2D eigenvalue weighted by atomic mass is 32.2. The standard InChI is InChI=1S/C14H18N6O2S/c21-23(22,11-4-5-11)19-8-7-16-13-9-14(18-10-17-13)20-12-3-1-2-6-15-12/h1-3,6,9-11,19H,4-5,7-8H2,(H2,15,16,17,18,20). The van der Waals surface area contributed by atoms with Crippen LogP contribution in [0.5, 0.6) is 0 Å². The maximum absolute atomic E-state index is 11.7. The van der Waals surface area contributed by atoms with Gasteiger partial charge in [0.15, 0.2) is 0 Å². The number of anilines is 3. The second-order valence-corrected chi connectivity index (χ2v) is 7.24. The molecule has 1 fully saturated rings. The van der Waals surface area contributed by atoms with Crippen LogP contribution in [0.1, 0.15) is 12.8 Å². The van der Waals surface area contributed by atoms with E-state index in [2.05, 4.69) is 30.3 Å². The first-order valence-corrected chi connectivity index (χ1v) is 8.90. The highest BCUT2D eigenvalue weighted by Gasteiger charge is 2.35. The quantitative estimate of drug-likeness (QED) is 0.620. The van der Waals surface area contributed by atoms with Crippen molar-refractivity contribution in [2.75, 3.05) is 23.7 Å². The predicted octanol–water partition coefficient (Wildman–Crippen LogP) is 1.11. The van der Waals surface area contributed by atoms with E-state index in [-0.39, 0.29) is 5.25 Å². The third-order valence-electron chi connectivity index (χ3n) is 3.29. The summed E-state index contributed by atoms with van der Waals surface area (Å²) >= 11 is 0. The Kier molecular flexibility index (Phi) is 4.68. The van der Waals surface area contributed by atoms with Gasteiger partial charge in [-0.05, 0) is 25.0 Å². The molecule has 3 N–H and O–H groups in total. The summed E-state index contributed by atoms with van der Waals surface area (Å²) in [5, 5.41) is 5.93. The van der Waals surface area contributed by atoms with E-state index < -0.39 is 10.0 Å². The number of nitrogens with zero attached hydrogens (tertiary/aromatic N) is 3. The van der Waals surface area contributed by atoms with Crippen molar-refractivity contribution in [1.82, 2.24) is 19.7 Å². The zero-order chi connectivity index (χ0) is 16.1. The molecular formula is C14H18N6O2S. The van der Waals surface area contributed by atoms with Gasteiger partial charge in [0, 0.05) is 25.4 Å². The van der Waals surface area contributed by atoms with Crippen molar-refractivity contribution in [2.45, 2.75) is 18.1 Å². The molecule has 122 valence electrons. The van der Waals surface area contributed by atoms with Gasteiger partial charge in [0.1, 0.15) is 23.8 Å². The molecule has 1 saturated carbocycles. The van der Waals surface area contributed by atoms with Crippen molar-refractivity contribution in [1.29, 1.82) is 0 Å². The van der Waals surface area contributed by atoms with Crippen LogP contribution in [0.2, 0.25) is 0 Å². The van der Waals surface area contributed by atoms with Gasteiger partial charge in [-0.25, -0.2) is 28.1 Å². The van der Waals surface area contributed by atoms with Gasteiger partial charge in [-0.15, -0.1) is 0 Å². The molecule has 0 aromatic carbocycles. The minimum Gasteiger partial charge on any atom is -0.369 e. The lowest BCUT2D eigenvalue weighted by Gasteiger charge is -2.09. The van der Waals surface area contributed by atoms with E-state index in [4.69, 9.17) is 0 Å². The molecule has 0 atom stereocenters. The summed E-state index contributed by atoms with van der Waals surface area (Å²) in [4.78, 5) is 12.4. The lowest BCUT2D eigenvalue weighted by atomic mass is 10.4. The molecule has 9 heteroatoms. The summed E-state index contributed by atoms with van der Waals surface area (Å²) in [5.41, 5.74) is 0. The fourth-order valence-corrected chi connectivity index (χ4v) is 3.35. The topological polar surface area (TPSA) is 109 Å². The van der Waals surface area contributed by atoms with Crippen molar-refractivity contribution in [3.05, 3.63) is 36.8 Å². The van der Waals surface area contributed by atoms with Crippen LogP contribution in [0.4, 0.5) is 17.5 Å². The van der Waals surface area contributed by atoms with Crippen molar-refractivity contribution in [3.63, 3.8) is 0 Å². The summed E-state index contributed by atoms with van der Waals surface area (Å²) in [6, 6.07) is 7.29. The molecule has 0 saturated heterocycles. The lowest BCUT2D eigenvalue weighted by molar-refractivity contribution is 0.581. The molecule has 1 aliphatic carbocycles. The average Bonchev–Trinajstić information content (AvgIpc) is 3.38. The SMILES string of the molecule is O=S(=O)(NCCNc1cc(Nc2ccccn2)ncn1)C1CC1. The van der Waals surface area contributed by atoms with Gasteiger partial charge in [0.25, 0.3) is 0 Å². The normalized spacial score (nSPS) is 14.4. The number of nitrogens with one attached hydrogen (secondary N) is 3. The highest BCUT2D eigenvalue weighted by molar-refractivity contribution is 7.90. The van der Waals surface area contributed by atoms with Crippen LogP contribution in [-0.2, 0) is 10.0 Å². The minimum atomic E-state index is -3.13. The first-order chi connectivity index (χ1) is 11.1. The van der Waals surface area contributed by atoms with E-state index in [9.17, 15) is 8.42 Å². The fraction of sp³-hybridized carbons (Fsp3) is 0.357. The second kappa shape index (κ2) is 6.88. The van der Waals surface area contributed by atoms with Crippen LogP contribution in [0, 0.1) is 0 Å². The summed E-state index contributed by atoms with van der Waals surface area (Å²) in [6.45, 7) is 0.776. The zero-order valence-electron chi connectivity index (χ0n) is 12.4. The number of aromatic nitrogens is 3. The van der Waals surface area contributed by atoms with Crippen LogP contribution in [0.3, 0.4) is 0 Å². The smallest absolute Gasteiger partial charge is 0.214 e. The summed E-state index contributed by atoms with van der Waals surface area (Å²) < 4.78 is 25.9. The molecule has 0 aliphatic heterocycles. The van der Waals surface area contributed by atoms with E-state index >= 15 is 0 Å². The maximum Gasteiger partial charge on any atom is 0.214 e. The van der Waals surface area contributed by atoms with Crippen LogP contribution < -0.4 is 15.4 Å². The molecule has 2 aromatic rings. The van der Waals surface area contributed by atoms with Gasteiger partial charge >= 0.3 is 0 Å². The van der Waals surface area contributed by atoms with E-state index in [1.54, 1.807) is 12.3 Å². The van der Waals surface area contributed by atoms with Crippen molar-refractivity contribution in [3.8, 4) is 0 Å². The van der Waals surface area contributed by atoms with Gasteiger partial charge < -0.3 is 10.6 Å². The third kappa shape index (κ3) is 4.60. The molecule has 8 nitrogen and oxygen atoms in total. The van der Waals surface area contributed by atoms with Crippen LogP contribution >= 0.6 is 0 Å². The van der Waals surface area contributed by atoms with Gasteiger partial charge in [0.05, 0.1) is 5.25 Å². The van der Waals surface area contributed by atoms with Crippen molar-refractivity contribution >= 4 is 27.5 Å². The number of pyridine rings is 1. The van der Waals surface area contributed by atoms with Crippen molar-refractivity contribution < 1.29 is 8.42 Å². The molecule has 2 heterocycles. The molecule has 0 spiro atoms. The van der Waals surface area contributed by atoms with E-state index in [1.165, 1.54) is 6.33 Å². The van der Waals surface area contributed by atoms with E-state index in [0.29, 0.717) is 30.5 Å². The molecule has 3 rings (SSSR count). The summed E-state index contributed by atoms with van der Waals surface area (Å²) in [7, 11) is -3.13. The molecular weight excluding hydrogens is 316 g/mol. The largest absolute Gasteiger partial charge is 0.369 e. The van der Waals surface area contributed by atoms with Gasteiger partial charge in [-0.3, -0.25) is 0 Å². The monoisotopic (exact) mass is 334 g/mol. The van der Waals surface area contributed by atoms with Crippen molar-refractivity contribution in [2.24, 2.45) is 0 Å². The van der Waals surface area contributed by atoms with Gasteiger partial charge in [0.2, 0.25) is 10.0 Å². The molecule has 0 amide bonds. The number of rotatable bonds is 8. The fourth-order valence-electron chi connectivity index (χ4n) is 1.97. The molecule has 0 bridgehead atoms. The Hall–Kier alpha value is -2.26. The molecule has 23 heavy (non-hydrogen) atoms. The van der Waals surface area contributed by atoms with Crippen LogP contribution in [0.25, 0.3) is 0 Å². The maximum atomic E-state index is 11.7. The minimum absolute atomic E-state index is 0.198. The number of sulfonamides is 1. The Morgan fingerprint density at radius 3 is 2.61 bits per heavy atom. The van der Waals surface area contributed by atoms with E-state index in [0.717, 1.165) is 12.8 Å². The Morgan fingerprint density at radius 1 is 1.04 bits per heavy atom. The first kappa shape index (κ1) is 15.6. The predicted molar refractivity (Wildman–Crippen MR) is 88.0 cm³/mol. The number of hydrogen-bond donors (Lipinski definition) is 3. The van der Waals surface area contributed by atoms with Crippen LogP contribution in [-0.4, -0.2) is 41.7 Å². The van der Waals surface area contributed by atoms with E-state index in [1.807, 2.05) is 18.2 Å². The lowest BCUT2D eigenvalue weighted by Crippen LogP contribution is -2.31. The Balaban J connectivity index is 1.49. The molecule has 1 aliphatic rings. The Morgan fingerprint density at radius 2 is 1.87 bits per heavy atom. The second-order valence-electron chi connectivity index (χ2n) is 5.19. The third-order valence-corrected chi connectivity index (χ3v) is 5.24. The average molecular weight is 334 g/mol. The number of hydrogen-bond acceptors (Lipinski definition) is 7. The Bertz CT molecular complexity index is 749. The first-order valence-electron chi connectivity index (χ1n) is 7.36. The molecule has 2 aromatic heterocycles. The summed E-state index contributed by atoms with van der Waals surface area (Å²) in [5.74, 6) is 1.91.